The molecule has 2 N–H and O–H groups in total. The molecule has 0 aliphatic carbocycles. The zero-order valence-electron chi connectivity index (χ0n) is 16.2. The Balaban J connectivity index is 1.59. The van der Waals surface area contributed by atoms with Gasteiger partial charge in [-0.1, -0.05) is 30.3 Å². The quantitative estimate of drug-likeness (QED) is 0.264. The molecule has 3 aromatic heterocycles. The molecule has 0 radical (unpaired) electrons. The van der Waals surface area contributed by atoms with E-state index < -0.39 is 5.78 Å². The number of aliphatic hydroxyl groups is 1. The van der Waals surface area contributed by atoms with Crippen molar-refractivity contribution in [2.24, 2.45) is 0 Å². The number of benzene rings is 1. The van der Waals surface area contributed by atoms with Crippen molar-refractivity contribution in [1.29, 1.82) is 0 Å². The average Bonchev–Trinajstić information content (AvgIpc) is 3.44. The standard InChI is InChI=1S/C23H20N4O3/c28-19(14-20(29)23-25-15-26-27-23)22-13-18(7-6-16-4-2-1-3-5-16)21(30-22)12-17-8-10-24-11-9-17/h1-5,8-11,13-15,29H,6-7,12H2,(H,25,26,27). The van der Waals surface area contributed by atoms with Gasteiger partial charge in [0.15, 0.2) is 11.5 Å². The number of aromatic nitrogens is 4. The largest absolute Gasteiger partial charge is 0.504 e. The van der Waals surface area contributed by atoms with Gasteiger partial charge in [-0.2, -0.15) is 5.10 Å². The van der Waals surface area contributed by atoms with Crippen LogP contribution in [0, 0.1) is 0 Å². The van der Waals surface area contributed by atoms with Crippen LogP contribution in [0.5, 0.6) is 0 Å². The molecule has 0 unspecified atom stereocenters. The minimum atomic E-state index is -0.445. The number of H-pyrrole nitrogens is 1. The molecule has 1 aromatic carbocycles. The number of aliphatic hydroxyl groups excluding tert-OH is 1. The number of hydrogen-bond donors (Lipinski definition) is 2. The highest BCUT2D eigenvalue weighted by Crippen LogP contribution is 2.22. The van der Waals surface area contributed by atoms with Crippen LogP contribution in [0.1, 0.15) is 38.8 Å². The molecule has 0 fully saturated rings. The van der Waals surface area contributed by atoms with Gasteiger partial charge in [-0.3, -0.25) is 14.9 Å². The summed E-state index contributed by atoms with van der Waals surface area (Å²) < 4.78 is 5.91. The van der Waals surface area contributed by atoms with Gasteiger partial charge in [0.05, 0.1) is 0 Å². The smallest absolute Gasteiger partial charge is 0.224 e. The molecule has 3 heterocycles. The van der Waals surface area contributed by atoms with Gasteiger partial charge in [0.25, 0.3) is 0 Å². The Morgan fingerprint density at radius 2 is 1.87 bits per heavy atom. The van der Waals surface area contributed by atoms with Crippen LogP contribution in [-0.2, 0) is 19.3 Å². The van der Waals surface area contributed by atoms with Crippen molar-refractivity contribution in [1.82, 2.24) is 20.2 Å². The van der Waals surface area contributed by atoms with Crippen LogP contribution in [0.25, 0.3) is 5.76 Å². The number of nitrogens with zero attached hydrogens (tertiary/aromatic N) is 3. The molecule has 4 rings (SSSR count). The number of allylic oxidation sites excluding steroid dienone is 1. The Morgan fingerprint density at radius 3 is 2.60 bits per heavy atom. The molecular weight excluding hydrogens is 380 g/mol. The Morgan fingerprint density at radius 1 is 1.07 bits per heavy atom. The maximum atomic E-state index is 12.6. The predicted octanol–water partition coefficient (Wildman–Crippen LogP) is 3.95. The summed E-state index contributed by atoms with van der Waals surface area (Å²) in [6.07, 6.45) is 7.96. The highest BCUT2D eigenvalue weighted by molar-refractivity contribution is 6.05. The van der Waals surface area contributed by atoms with Crippen LogP contribution in [-0.4, -0.2) is 31.1 Å². The lowest BCUT2D eigenvalue weighted by atomic mass is 10.0. The molecule has 0 aliphatic rings. The van der Waals surface area contributed by atoms with E-state index in [0.29, 0.717) is 6.42 Å². The number of aryl methyl sites for hydroxylation is 2. The highest BCUT2D eigenvalue weighted by atomic mass is 16.3. The summed E-state index contributed by atoms with van der Waals surface area (Å²) in [5, 5.41) is 16.3. The van der Waals surface area contributed by atoms with Crippen molar-refractivity contribution in [3.8, 4) is 0 Å². The first-order chi connectivity index (χ1) is 14.7. The second kappa shape index (κ2) is 9.00. The van der Waals surface area contributed by atoms with Crippen molar-refractivity contribution in [2.75, 3.05) is 0 Å². The lowest BCUT2D eigenvalue weighted by molar-refractivity contribution is 0.101. The molecule has 150 valence electrons. The number of aromatic amines is 1. The van der Waals surface area contributed by atoms with Crippen LogP contribution < -0.4 is 0 Å². The fourth-order valence-electron chi connectivity index (χ4n) is 3.15. The van der Waals surface area contributed by atoms with Crippen molar-refractivity contribution in [3.05, 3.63) is 107 Å². The molecule has 0 saturated heterocycles. The molecule has 0 aliphatic heterocycles. The van der Waals surface area contributed by atoms with Gasteiger partial charge in [0, 0.05) is 24.9 Å². The van der Waals surface area contributed by atoms with Gasteiger partial charge in [0.1, 0.15) is 12.1 Å². The van der Waals surface area contributed by atoms with Gasteiger partial charge < -0.3 is 9.52 Å². The maximum Gasteiger partial charge on any atom is 0.224 e. The summed E-state index contributed by atoms with van der Waals surface area (Å²) in [4.78, 5) is 20.5. The maximum absolute atomic E-state index is 12.6. The minimum Gasteiger partial charge on any atom is -0.504 e. The molecule has 30 heavy (non-hydrogen) atoms. The van der Waals surface area contributed by atoms with Gasteiger partial charge in [0.2, 0.25) is 11.6 Å². The van der Waals surface area contributed by atoms with Crippen LogP contribution in [0.3, 0.4) is 0 Å². The fraction of sp³-hybridized carbons (Fsp3) is 0.130. The van der Waals surface area contributed by atoms with Gasteiger partial charge >= 0.3 is 0 Å². The van der Waals surface area contributed by atoms with Crippen LogP contribution in [0.15, 0.2) is 77.7 Å². The van der Waals surface area contributed by atoms with E-state index in [-0.39, 0.29) is 17.3 Å². The van der Waals surface area contributed by atoms with Crippen molar-refractivity contribution in [3.63, 3.8) is 0 Å². The normalized spacial score (nSPS) is 11.5. The average molecular weight is 400 g/mol. The third-order valence-electron chi connectivity index (χ3n) is 4.69. The van der Waals surface area contributed by atoms with Crippen molar-refractivity contribution >= 4 is 11.5 Å². The molecule has 4 aromatic rings. The molecule has 7 heteroatoms. The summed E-state index contributed by atoms with van der Waals surface area (Å²) in [5.74, 6) is 0.185. The first kappa shape index (κ1) is 19.3. The lowest BCUT2D eigenvalue weighted by Crippen LogP contribution is -1.96. The van der Waals surface area contributed by atoms with E-state index in [4.69, 9.17) is 4.42 Å². The number of rotatable bonds is 8. The lowest BCUT2D eigenvalue weighted by Gasteiger charge is -2.03. The van der Waals surface area contributed by atoms with E-state index in [1.807, 2.05) is 30.3 Å². The number of furan rings is 1. The first-order valence-corrected chi connectivity index (χ1v) is 9.54. The Hall–Kier alpha value is -4.00. The van der Waals surface area contributed by atoms with Gasteiger partial charge in [-0.05, 0) is 47.7 Å². The monoisotopic (exact) mass is 400 g/mol. The van der Waals surface area contributed by atoms with E-state index in [1.165, 1.54) is 11.9 Å². The Kier molecular flexibility index (Phi) is 5.80. The summed E-state index contributed by atoms with van der Waals surface area (Å²) in [6.45, 7) is 0. The summed E-state index contributed by atoms with van der Waals surface area (Å²) in [5.41, 5.74) is 3.21. The molecule has 0 saturated carbocycles. The van der Waals surface area contributed by atoms with Crippen LogP contribution in [0.4, 0.5) is 0 Å². The Bertz CT molecular complexity index is 1130. The minimum absolute atomic E-state index is 0.0521. The number of pyridine rings is 1. The number of carbonyl (C=O) groups excluding carboxylic acids is 1. The zero-order valence-corrected chi connectivity index (χ0v) is 16.2. The molecule has 0 bridgehead atoms. The molecule has 0 spiro atoms. The Labute approximate surface area is 173 Å². The fourth-order valence-corrected chi connectivity index (χ4v) is 3.15. The summed E-state index contributed by atoms with van der Waals surface area (Å²) >= 11 is 0. The third-order valence-corrected chi connectivity index (χ3v) is 4.69. The van der Waals surface area contributed by atoms with E-state index in [0.717, 1.165) is 35.8 Å². The zero-order chi connectivity index (χ0) is 20.8. The SMILES string of the molecule is O=C(C=C(O)c1nc[nH]n1)c1cc(CCc2ccccc2)c(Cc2ccncc2)o1. The second-order valence-electron chi connectivity index (χ2n) is 6.79. The van der Waals surface area contributed by atoms with E-state index in [1.54, 1.807) is 18.5 Å². The topological polar surface area (TPSA) is 105 Å². The highest BCUT2D eigenvalue weighted by Gasteiger charge is 2.17. The molecule has 7 nitrogen and oxygen atoms in total. The van der Waals surface area contributed by atoms with Gasteiger partial charge in [-0.25, -0.2) is 4.98 Å². The number of hydrogen-bond acceptors (Lipinski definition) is 6. The molecule has 0 amide bonds. The summed E-state index contributed by atoms with van der Waals surface area (Å²) in [7, 11) is 0. The van der Waals surface area contributed by atoms with E-state index in [9.17, 15) is 9.90 Å². The number of ketones is 1. The second-order valence-corrected chi connectivity index (χ2v) is 6.79. The summed E-state index contributed by atoms with van der Waals surface area (Å²) in [6, 6.07) is 15.7. The van der Waals surface area contributed by atoms with Crippen LogP contribution >= 0.6 is 0 Å². The molecular formula is C23H20N4O3. The van der Waals surface area contributed by atoms with Gasteiger partial charge in [-0.15, -0.1) is 0 Å². The van der Waals surface area contributed by atoms with Crippen LogP contribution in [0.2, 0.25) is 0 Å². The van der Waals surface area contributed by atoms with E-state index >= 15 is 0 Å². The first-order valence-electron chi connectivity index (χ1n) is 9.54. The van der Waals surface area contributed by atoms with Crippen molar-refractivity contribution < 1.29 is 14.3 Å². The predicted molar refractivity (Wildman–Crippen MR) is 111 cm³/mol. The van der Waals surface area contributed by atoms with Crippen molar-refractivity contribution in [2.45, 2.75) is 19.3 Å². The van der Waals surface area contributed by atoms with E-state index in [2.05, 4.69) is 32.3 Å². The molecule has 0 atom stereocenters. The third kappa shape index (κ3) is 4.70. The number of nitrogens with one attached hydrogen (secondary N) is 1. The number of carbonyl (C=O) groups is 1.